The van der Waals surface area contributed by atoms with Crippen LogP contribution < -0.4 is 0 Å². The minimum Gasteiger partial charge on any atom is -0.462 e. The maximum Gasteiger partial charge on any atom is 0.306 e. The van der Waals surface area contributed by atoms with Crippen LogP contribution in [0.4, 0.5) is 0 Å². The fourth-order valence-corrected chi connectivity index (χ4v) is 8.97. The van der Waals surface area contributed by atoms with Gasteiger partial charge in [-0.05, 0) is 122 Å². The molecule has 0 fully saturated rings. The smallest absolute Gasteiger partial charge is 0.306 e. The molecular formula is C70H120O6. The van der Waals surface area contributed by atoms with Gasteiger partial charge in [-0.3, -0.25) is 14.4 Å². The van der Waals surface area contributed by atoms with Gasteiger partial charge >= 0.3 is 17.9 Å². The first-order valence-electron chi connectivity index (χ1n) is 32.2. The van der Waals surface area contributed by atoms with Crippen molar-refractivity contribution in [1.82, 2.24) is 0 Å². The van der Waals surface area contributed by atoms with Gasteiger partial charge in [0.05, 0.1) is 0 Å². The number of allylic oxidation sites excluding steroid dienone is 16. The molecule has 0 N–H and O–H groups in total. The molecule has 0 aliphatic rings. The van der Waals surface area contributed by atoms with Crippen molar-refractivity contribution in [2.24, 2.45) is 0 Å². The Balaban J connectivity index is 4.35. The van der Waals surface area contributed by atoms with E-state index in [9.17, 15) is 14.4 Å². The lowest BCUT2D eigenvalue weighted by Gasteiger charge is -2.18. The third-order valence-electron chi connectivity index (χ3n) is 13.8. The molecule has 6 nitrogen and oxygen atoms in total. The molecule has 0 aromatic heterocycles. The Morgan fingerprint density at radius 2 is 0.513 bits per heavy atom. The molecule has 76 heavy (non-hydrogen) atoms. The van der Waals surface area contributed by atoms with Crippen molar-refractivity contribution in [1.29, 1.82) is 0 Å². The second kappa shape index (κ2) is 63.9. The largest absolute Gasteiger partial charge is 0.462 e. The second-order valence-corrected chi connectivity index (χ2v) is 21.3. The van der Waals surface area contributed by atoms with Crippen molar-refractivity contribution in [3.63, 3.8) is 0 Å². The van der Waals surface area contributed by atoms with E-state index in [0.29, 0.717) is 19.3 Å². The van der Waals surface area contributed by atoms with E-state index in [2.05, 4.69) is 118 Å². The Morgan fingerprint density at radius 3 is 0.816 bits per heavy atom. The SMILES string of the molecule is CC/C=C\C/C=C\C/C=C\C/C=C\C/C=C\C/C=C\CCCCCCCCCCC(=O)OCC(COC(=O)CCCCCCC/C=C\CCCCCCC)OC(=O)CCCCCCCCC/C=C\CCCCCCCC. The lowest BCUT2D eigenvalue weighted by Crippen LogP contribution is -2.30. The molecule has 0 bridgehead atoms. The number of hydrogen-bond donors (Lipinski definition) is 0. The summed E-state index contributed by atoms with van der Waals surface area (Å²) in [6.45, 7) is 6.52. The van der Waals surface area contributed by atoms with E-state index in [0.717, 1.165) is 109 Å². The van der Waals surface area contributed by atoms with E-state index in [1.165, 1.54) is 161 Å². The van der Waals surface area contributed by atoms with Gasteiger partial charge in [-0.2, -0.15) is 0 Å². The number of esters is 3. The van der Waals surface area contributed by atoms with Crippen LogP contribution in [0.1, 0.15) is 310 Å². The summed E-state index contributed by atoms with van der Waals surface area (Å²) in [6.07, 6.45) is 85.5. The molecule has 0 aliphatic carbocycles. The first-order chi connectivity index (χ1) is 37.5. The maximum absolute atomic E-state index is 12.9. The predicted octanol–water partition coefficient (Wildman–Crippen LogP) is 22.0. The zero-order valence-corrected chi connectivity index (χ0v) is 50.0. The van der Waals surface area contributed by atoms with Crippen molar-refractivity contribution in [2.75, 3.05) is 13.2 Å². The first-order valence-corrected chi connectivity index (χ1v) is 32.2. The van der Waals surface area contributed by atoms with E-state index in [-0.39, 0.29) is 31.1 Å². The molecule has 0 rings (SSSR count). The summed E-state index contributed by atoms with van der Waals surface area (Å²) in [4.78, 5) is 38.3. The third-order valence-corrected chi connectivity index (χ3v) is 13.8. The highest BCUT2D eigenvalue weighted by Gasteiger charge is 2.19. The topological polar surface area (TPSA) is 78.9 Å². The van der Waals surface area contributed by atoms with Gasteiger partial charge in [-0.15, -0.1) is 0 Å². The fraction of sp³-hybridized carbons (Fsp3) is 0.729. The first kappa shape index (κ1) is 72.3. The van der Waals surface area contributed by atoms with Gasteiger partial charge in [0.25, 0.3) is 0 Å². The fourth-order valence-electron chi connectivity index (χ4n) is 8.97. The van der Waals surface area contributed by atoms with Gasteiger partial charge in [0.1, 0.15) is 13.2 Å². The Labute approximate surface area is 470 Å². The van der Waals surface area contributed by atoms with Crippen LogP contribution in [-0.4, -0.2) is 37.2 Å². The maximum atomic E-state index is 12.9. The molecule has 0 radical (unpaired) electrons. The zero-order valence-electron chi connectivity index (χ0n) is 50.0. The van der Waals surface area contributed by atoms with Gasteiger partial charge < -0.3 is 14.2 Å². The quantitative estimate of drug-likeness (QED) is 0.0261. The molecule has 1 unspecified atom stereocenters. The van der Waals surface area contributed by atoms with Gasteiger partial charge in [0, 0.05) is 19.3 Å². The summed E-state index contributed by atoms with van der Waals surface area (Å²) in [5, 5.41) is 0. The van der Waals surface area contributed by atoms with E-state index < -0.39 is 6.10 Å². The van der Waals surface area contributed by atoms with Gasteiger partial charge in [0.2, 0.25) is 0 Å². The third kappa shape index (κ3) is 61.2. The van der Waals surface area contributed by atoms with E-state index in [4.69, 9.17) is 14.2 Å². The molecule has 0 saturated heterocycles. The molecule has 0 aromatic rings. The number of rotatable bonds is 58. The molecular weight excluding hydrogens is 937 g/mol. The van der Waals surface area contributed by atoms with Crippen LogP contribution in [0.2, 0.25) is 0 Å². The van der Waals surface area contributed by atoms with E-state index >= 15 is 0 Å². The lowest BCUT2D eigenvalue weighted by atomic mass is 10.1. The average molecular weight is 1060 g/mol. The number of hydrogen-bond acceptors (Lipinski definition) is 6. The van der Waals surface area contributed by atoms with Gasteiger partial charge in [-0.1, -0.05) is 266 Å². The molecule has 1 atom stereocenters. The summed E-state index contributed by atoms with van der Waals surface area (Å²) in [6, 6.07) is 0. The Bertz CT molecular complexity index is 1490. The highest BCUT2D eigenvalue weighted by Crippen LogP contribution is 2.16. The zero-order chi connectivity index (χ0) is 55.0. The van der Waals surface area contributed by atoms with Crippen molar-refractivity contribution < 1.29 is 28.6 Å². The van der Waals surface area contributed by atoms with Crippen molar-refractivity contribution in [2.45, 2.75) is 316 Å². The van der Waals surface area contributed by atoms with Crippen molar-refractivity contribution in [3.8, 4) is 0 Å². The van der Waals surface area contributed by atoms with E-state index in [1.807, 2.05) is 0 Å². The standard InChI is InChI=1S/C70H120O6/c1-4-7-10-13-16-19-22-25-28-30-31-32-33-34-35-36-37-38-39-41-42-45-48-51-54-57-60-63-69(72)75-66-67(65-74-68(71)62-59-56-53-50-47-44-27-24-21-18-15-12-9-6-3)76-70(73)64-61-58-55-52-49-46-43-40-29-26-23-20-17-14-11-8-5-2/h7,10,16,19,24-29,31-32,34-35,37-38,67H,4-6,8-9,11-15,17-18,20-23,30,33,36,39-66H2,1-3H3/b10-7-,19-16-,27-24-,28-25-,29-26-,32-31-,35-34-,38-37-. The second-order valence-electron chi connectivity index (χ2n) is 21.3. The Morgan fingerprint density at radius 1 is 0.276 bits per heavy atom. The molecule has 0 saturated carbocycles. The summed E-state index contributed by atoms with van der Waals surface area (Å²) in [7, 11) is 0. The van der Waals surface area contributed by atoms with Crippen molar-refractivity contribution in [3.05, 3.63) is 97.2 Å². The van der Waals surface area contributed by atoms with Crippen molar-refractivity contribution >= 4 is 17.9 Å². The molecule has 0 aliphatic heterocycles. The van der Waals surface area contributed by atoms with Crippen LogP contribution in [0, 0.1) is 0 Å². The molecule has 0 aromatic carbocycles. The molecule has 436 valence electrons. The summed E-state index contributed by atoms with van der Waals surface area (Å²) < 4.78 is 16.9. The highest BCUT2D eigenvalue weighted by molar-refractivity contribution is 5.71. The number of ether oxygens (including phenoxy) is 3. The molecule has 0 spiro atoms. The van der Waals surface area contributed by atoms with Gasteiger partial charge in [0.15, 0.2) is 6.10 Å². The summed E-state index contributed by atoms with van der Waals surface area (Å²) in [5.74, 6) is -0.896. The predicted molar refractivity (Wildman–Crippen MR) is 330 cm³/mol. The number of carbonyl (C=O) groups is 3. The highest BCUT2D eigenvalue weighted by atomic mass is 16.6. The number of unbranched alkanes of at least 4 members (excludes halogenated alkanes) is 31. The van der Waals surface area contributed by atoms with Gasteiger partial charge in [-0.25, -0.2) is 0 Å². The average Bonchev–Trinajstić information content (AvgIpc) is 3.42. The monoisotopic (exact) mass is 1060 g/mol. The normalized spacial score (nSPS) is 12.7. The van der Waals surface area contributed by atoms with Crippen LogP contribution in [-0.2, 0) is 28.6 Å². The van der Waals surface area contributed by atoms with Crippen LogP contribution in [0.25, 0.3) is 0 Å². The Hall–Kier alpha value is -3.67. The molecule has 0 amide bonds. The summed E-state index contributed by atoms with van der Waals surface area (Å²) >= 11 is 0. The minimum atomic E-state index is -0.788. The molecule has 6 heteroatoms. The Kier molecular flexibility index (Phi) is 60.8. The molecule has 0 heterocycles. The van der Waals surface area contributed by atoms with E-state index in [1.54, 1.807) is 0 Å². The number of carbonyl (C=O) groups excluding carboxylic acids is 3. The van der Waals surface area contributed by atoms with Crippen LogP contribution in [0.5, 0.6) is 0 Å². The van der Waals surface area contributed by atoms with Crippen LogP contribution in [0.15, 0.2) is 97.2 Å². The van der Waals surface area contributed by atoms with Crippen LogP contribution >= 0.6 is 0 Å². The lowest BCUT2D eigenvalue weighted by molar-refractivity contribution is -0.167. The van der Waals surface area contributed by atoms with Crippen LogP contribution in [0.3, 0.4) is 0 Å². The summed E-state index contributed by atoms with van der Waals surface area (Å²) in [5.41, 5.74) is 0. The minimum absolute atomic E-state index is 0.0849.